The largest absolute Gasteiger partial charge is 0.510 e. The third kappa shape index (κ3) is 3.31. The van der Waals surface area contributed by atoms with Crippen LogP contribution in [0.3, 0.4) is 0 Å². The first kappa shape index (κ1) is 9.83. The summed E-state index contributed by atoms with van der Waals surface area (Å²) in [5.41, 5.74) is 0. The molecule has 0 bridgehead atoms. The molecule has 1 aliphatic heterocycles. The number of ether oxygens (including phenoxy) is 2. The SMILES string of the molecule is CCCCC(=O)NC1COC(=O)O1. The maximum Gasteiger partial charge on any atom is 0.510 e. The van der Waals surface area contributed by atoms with Crippen molar-refractivity contribution in [3.63, 3.8) is 0 Å². The van der Waals surface area contributed by atoms with Gasteiger partial charge in [-0.25, -0.2) is 4.79 Å². The Hall–Kier alpha value is -1.26. The van der Waals surface area contributed by atoms with Crippen molar-refractivity contribution in [2.24, 2.45) is 0 Å². The summed E-state index contributed by atoms with van der Waals surface area (Å²) >= 11 is 0. The summed E-state index contributed by atoms with van der Waals surface area (Å²) in [5.74, 6) is -0.106. The Morgan fingerprint density at radius 3 is 3.00 bits per heavy atom. The molecule has 74 valence electrons. The van der Waals surface area contributed by atoms with Crippen LogP contribution < -0.4 is 5.32 Å². The van der Waals surface area contributed by atoms with Crippen LogP contribution in [-0.4, -0.2) is 24.9 Å². The van der Waals surface area contributed by atoms with Crippen LogP contribution in [0.5, 0.6) is 0 Å². The van der Waals surface area contributed by atoms with Gasteiger partial charge >= 0.3 is 6.16 Å². The van der Waals surface area contributed by atoms with Crippen molar-refractivity contribution in [1.29, 1.82) is 0 Å². The van der Waals surface area contributed by atoms with Gasteiger partial charge in [0, 0.05) is 6.42 Å². The van der Waals surface area contributed by atoms with Crippen LogP contribution in [0.25, 0.3) is 0 Å². The lowest BCUT2D eigenvalue weighted by atomic mass is 10.2. The minimum Gasteiger partial charge on any atom is -0.428 e. The Kier molecular flexibility index (Phi) is 3.54. The third-order valence-electron chi connectivity index (χ3n) is 1.67. The average molecular weight is 187 g/mol. The molecule has 0 aromatic carbocycles. The minimum atomic E-state index is -0.721. The summed E-state index contributed by atoms with van der Waals surface area (Å²) in [6.45, 7) is 2.11. The molecule has 1 heterocycles. The Morgan fingerprint density at radius 1 is 1.69 bits per heavy atom. The molecule has 0 aromatic heterocycles. The first-order valence-corrected chi connectivity index (χ1v) is 4.35. The zero-order chi connectivity index (χ0) is 9.68. The van der Waals surface area contributed by atoms with E-state index in [1.165, 1.54) is 0 Å². The molecule has 1 atom stereocenters. The molecule has 0 spiro atoms. The Balaban J connectivity index is 2.17. The molecular weight excluding hydrogens is 174 g/mol. The molecule has 0 aliphatic carbocycles. The highest BCUT2D eigenvalue weighted by Gasteiger charge is 2.25. The van der Waals surface area contributed by atoms with Gasteiger partial charge in [0.2, 0.25) is 12.1 Å². The molecule has 1 N–H and O–H groups in total. The van der Waals surface area contributed by atoms with Gasteiger partial charge in [-0.2, -0.15) is 0 Å². The smallest absolute Gasteiger partial charge is 0.428 e. The summed E-state index contributed by atoms with van der Waals surface area (Å²) in [7, 11) is 0. The summed E-state index contributed by atoms with van der Waals surface area (Å²) < 4.78 is 9.11. The van der Waals surface area contributed by atoms with Gasteiger partial charge < -0.3 is 14.8 Å². The van der Waals surface area contributed by atoms with Crippen molar-refractivity contribution >= 4 is 12.1 Å². The molecular formula is C8H13NO4. The fourth-order valence-corrected chi connectivity index (χ4v) is 0.988. The van der Waals surface area contributed by atoms with E-state index >= 15 is 0 Å². The number of hydrogen-bond acceptors (Lipinski definition) is 4. The Labute approximate surface area is 76.4 Å². The minimum absolute atomic E-state index is 0.106. The van der Waals surface area contributed by atoms with E-state index in [2.05, 4.69) is 14.8 Å². The van der Waals surface area contributed by atoms with Gasteiger partial charge in [0.05, 0.1) is 0 Å². The molecule has 1 amide bonds. The van der Waals surface area contributed by atoms with Crippen molar-refractivity contribution in [3.05, 3.63) is 0 Å². The first-order valence-electron chi connectivity index (χ1n) is 4.35. The zero-order valence-corrected chi connectivity index (χ0v) is 7.54. The number of nitrogens with one attached hydrogen (secondary N) is 1. The van der Waals surface area contributed by atoms with Gasteiger partial charge in [-0.3, -0.25) is 4.79 Å². The van der Waals surface area contributed by atoms with Crippen LogP contribution in [0.1, 0.15) is 26.2 Å². The molecule has 0 saturated carbocycles. The fourth-order valence-electron chi connectivity index (χ4n) is 0.988. The average Bonchev–Trinajstić information content (AvgIpc) is 2.48. The van der Waals surface area contributed by atoms with Gasteiger partial charge in [0.15, 0.2) is 6.61 Å². The normalized spacial score (nSPS) is 20.7. The second-order valence-electron chi connectivity index (χ2n) is 2.84. The van der Waals surface area contributed by atoms with Crippen LogP contribution >= 0.6 is 0 Å². The summed E-state index contributed by atoms with van der Waals surface area (Å²) in [6.07, 6.45) is 0.948. The Morgan fingerprint density at radius 2 is 2.46 bits per heavy atom. The molecule has 0 aromatic rings. The molecule has 1 fully saturated rings. The standard InChI is InChI=1S/C8H13NO4/c1-2-3-4-6(10)9-7-5-12-8(11)13-7/h7H,2-5H2,1H3,(H,9,10). The second kappa shape index (κ2) is 4.69. The van der Waals surface area contributed by atoms with Gasteiger partial charge in [0.1, 0.15) is 0 Å². The van der Waals surface area contributed by atoms with Crippen molar-refractivity contribution in [3.8, 4) is 0 Å². The van der Waals surface area contributed by atoms with E-state index in [1.807, 2.05) is 6.92 Å². The number of amides is 1. The highest BCUT2D eigenvalue weighted by Crippen LogP contribution is 2.03. The fraction of sp³-hybridized carbons (Fsp3) is 0.750. The summed E-state index contributed by atoms with van der Waals surface area (Å²) in [4.78, 5) is 21.6. The lowest BCUT2D eigenvalue weighted by Gasteiger charge is -2.07. The summed E-state index contributed by atoms with van der Waals surface area (Å²) in [6, 6.07) is 0. The van der Waals surface area contributed by atoms with E-state index < -0.39 is 12.4 Å². The lowest BCUT2D eigenvalue weighted by Crippen LogP contribution is -2.36. The number of cyclic esters (lactones) is 2. The Bertz CT molecular complexity index is 204. The second-order valence-corrected chi connectivity index (χ2v) is 2.84. The van der Waals surface area contributed by atoms with E-state index in [4.69, 9.17) is 0 Å². The van der Waals surface area contributed by atoms with E-state index in [1.54, 1.807) is 0 Å². The van der Waals surface area contributed by atoms with Crippen LogP contribution in [0.15, 0.2) is 0 Å². The molecule has 5 heteroatoms. The molecule has 1 aliphatic rings. The maximum atomic E-state index is 11.1. The van der Waals surface area contributed by atoms with Gasteiger partial charge in [-0.1, -0.05) is 13.3 Å². The van der Waals surface area contributed by atoms with Crippen LogP contribution in [0, 0.1) is 0 Å². The van der Waals surface area contributed by atoms with E-state index in [0.717, 1.165) is 12.8 Å². The van der Waals surface area contributed by atoms with Crippen molar-refractivity contribution in [2.45, 2.75) is 32.4 Å². The summed E-state index contributed by atoms with van der Waals surface area (Å²) in [5, 5.41) is 2.54. The molecule has 5 nitrogen and oxygen atoms in total. The topological polar surface area (TPSA) is 64.6 Å². The number of unbranched alkanes of at least 4 members (excludes halogenated alkanes) is 1. The van der Waals surface area contributed by atoms with Crippen molar-refractivity contribution in [1.82, 2.24) is 5.32 Å². The lowest BCUT2D eigenvalue weighted by molar-refractivity contribution is -0.123. The van der Waals surface area contributed by atoms with Gasteiger partial charge in [-0.05, 0) is 6.42 Å². The number of carbonyl (C=O) groups is 2. The number of carbonyl (C=O) groups excluding carboxylic acids is 2. The van der Waals surface area contributed by atoms with Crippen molar-refractivity contribution in [2.75, 3.05) is 6.61 Å². The zero-order valence-electron chi connectivity index (χ0n) is 7.54. The van der Waals surface area contributed by atoms with Crippen LogP contribution in [-0.2, 0) is 14.3 Å². The first-order chi connectivity index (χ1) is 6.22. The molecule has 0 radical (unpaired) electrons. The van der Waals surface area contributed by atoms with Crippen LogP contribution in [0.2, 0.25) is 0 Å². The quantitative estimate of drug-likeness (QED) is 0.661. The third-order valence-corrected chi connectivity index (χ3v) is 1.67. The predicted octanol–water partition coefficient (Wildman–Crippen LogP) is 0.786. The van der Waals surface area contributed by atoms with Crippen molar-refractivity contribution < 1.29 is 19.1 Å². The highest BCUT2D eigenvalue weighted by molar-refractivity contribution is 5.76. The monoisotopic (exact) mass is 187 g/mol. The number of hydrogen-bond donors (Lipinski definition) is 1. The molecule has 1 unspecified atom stereocenters. The molecule has 1 saturated heterocycles. The highest BCUT2D eigenvalue weighted by atomic mass is 16.8. The predicted molar refractivity (Wildman–Crippen MR) is 43.9 cm³/mol. The molecule has 13 heavy (non-hydrogen) atoms. The van der Waals surface area contributed by atoms with Gasteiger partial charge in [-0.15, -0.1) is 0 Å². The van der Waals surface area contributed by atoms with E-state index in [9.17, 15) is 9.59 Å². The van der Waals surface area contributed by atoms with Crippen LogP contribution in [0.4, 0.5) is 4.79 Å². The molecule has 1 rings (SSSR count). The van der Waals surface area contributed by atoms with E-state index in [-0.39, 0.29) is 12.5 Å². The van der Waals surface area contributed by atoms with E-state index in [0.29, 0.717) is 6.42 Å². The maximum absolute atomic E-state index is 11.1. The van der Waals surface area contributed by atoms with Gasteiger partial charge in [0.25, 0.3) is 0 Å². The number of rotatable bonds is 4.